The van der Waals surface area contributed by atoms with E-state index in [1.807, 2.05) is 86.2 Å². The molecule has 414 valence electrons. The Morgan fingerprint density at radius 3 is 0.933 bits per heavy atom. The van der Waals surface area contributed by atoms with Gasteiger partial charge in [0.2, 0.25) is 0 Å². The van der Waals surface area contributed by atoms with Gasteiger partial charge in [0.1, 0.15) is 11.2 Å². The molecule has 0 radical (unpaired) electrons. The van der Waals surface area contributed by atoms with Crippen molar-refractivity contribution in [2.24, 2.45) is 0 Å². The SMILES string of the molecule is c1ccc(-c2ccc3c(c2)c2cnccc2n3-c2cccc(-c3ccc4c(c3)c3cnccc3n4-c3ccc4oc5ccc(-n6c7ccncc7c7cc(-c8cccc(-n9c%10ccncc%10c%10cc(-c%11ccccn%11)ccc%109)c8)ccc76)cc5c4c3)c2)nc1. The van der Waals surface area contributed by atoms with Gasteiger partial charge >= 0.3 is 0 Å². The molecule has 0 amide bonds. The van der Waals surface area contributed by atoms with Crippen molar-refractivity contribution in [3.05, 3.63) is 280 Å². The molecular weight excluding hydrogens is 1090 g/mol. The van der Waals surface area contributed by atoms with Crippen molar-refractivity contribution in [3.63, 3.8) is 0 Å². The molecule has 0 N–H and O–H groups in total. The number of furan rings is 1. The second-order valence-electron chi connectivity index (χ2n) is 22.8. The molecule has 11 nitrogen and oxygen atoms in total. The van der Waals surface area contributed by atoms with Gasteiger partial charge < -0.3 is 22.7 Å². The molecule has 0 aliphatic heterocycles. The van der Waals surface area contributed by atoms with Crippen LogP contribution in [0.5, 0.6) is 0 Å². The zero-order chi connectivity index (χ0) is 58.3. The molecule has 8 aromatic carbocycles. The van der Waals surface area contributed by atoms with Crippen LogP contribution >= 0.6 is 0 Å². The van der Waals surface area contributed by atoms with Crippen molar-refractivity contribution in [1.82, 2.24) is 48.2 Å². The third kappa shape index (κ3) is 7.52. The maximum atomic E-state index is 6.64. The van der Waals surface area contributed by atoms with Crippen molar-refractivity contribution >= 4 is 109 Å². The highest BCUT2D eigenvalue weighted by molar-refractivity contribution is 6.15. The molecule has 89 heavy (non-hydrogen) atoms. The zero-order valence-electron chi connectivity index (χ0n) is 47.4. The summed E-state index contributed by atoms with van der Waals surface area (Å²) in [4.78, 5) is 27.8. The predicted octanol–water partition coefficient (Wildman–Crippen LogP) is 19.0. The number of aromatic nitrogens is 10. The van der Waals surface area contributed by atoms with E-state index in [1.165, 1.54) is 0 Å². The summed E-state index contributed by atoms with van der Waals surface area (Å²) < 4.78 is 16.0. The maximum absolute atomic E-state index is 6.64. The van der Waals surface area contributed by atoms with Crippen LogP contribution in [-0.4, -0.2) is 48.2 Å². The monoisotopic (exact) mass is 1140 g/mol. The fourth-order valence-corrected chi connectivity index (χ4v) is 14.0. The van der Waals surface area contributed by atoms with Gasteiger partial charge in [0.05, 0.1) is 55.5 Å². The minimum absolute atomic E-state index is 0.823. The molecule has 0 aliphatic rings. The summed E-state index contributed by atoms with van der Waals surface area (Å²) >= 11 is 0. The Labute approximate surface area is 506 Å². The fourth-order valence-electron chi connectivity index (χ4n) is 14.0. The molecule has 0 atom stereocenters. The highest BCUT2D eigenvalue weighted by Gasteiger charge is 2.21. The molecule has 0 saturated carbocycles. The Hall–Kier alpha value is -12.3. The van der Waals surface area contributed by atoms with Gasteiger partial charge in [-0.15, -0.1) is 0 Å². The second kappa shape index (κ2) is 19.1. The number of hydrogen-bond donors (Lipinski definition) is 0. The molecule has 19 aromatic rings. The number of pyridine rings is 6. The normalized spacial score (nSPS) is 12.0. The Morgan fingerprint density at radius 1 is 0.225 bits per heavy atom. The summed E-state index contributed by atoms with van der Waals surface area (Å²) in [7, 11) is 0. The van der Waals surface area contributed by atoms with Gasteiger partial charge in [-0.05, 0) is 180 Å². The molecule has 0 fully saturated rings. The lowest BCUT2D eigenvalue weighted by Crippen LogP contribution is -1.95. The minimum atomic E-state index is 0.823. The molecule has 11 heteroatoms. The third-order valence-electron chi connectivity index (χ3n) is 18.0. The lowest BCUT2D eigenvalue weighted by atomic mass is 10.0. The lowest BCUT2D eigenvalue weighted by molar-refractivity contribution is 0.669. The first-order valence-corrected chi connectivity index (χ1v) is 29.7. The molecule has 19 rings (SSSR count). The van der Waals surface area contributed by atoms with E-state index in [9.17, 15) is 0 Å². The number of fused-ring (bicyclic) bond motifs is 15. The molecule has 11 aromatic heterocycles. The summed E-state index contributed by atoms with van der Waals surface area (Å²) in [6.45, 7) is 0. The maximum Gasteiger partial charge on any atom is 0.135 e. The Kier molecular flexibility index (Phi) is 10.5. The van der Waals surface area contributed by atoms with Gasteiger partial charge in [-0.25, -0.2) is 0 Å². The average Bonchev–Trinajstić information content (AvgIpc) is 1.74. The van der Waals surface area contributed by atoms with Gasteiger partial charge in [-0.2, -0.15) is 0 Å². The van der Waals surface area contributed by atoms with Crippen molar-refractivity contribution < 1.29 is 4.42 Å². The standard InChI is InChI=1S/C78H46N10O/c1-3-29-83-67(11-1)51-15-21-71-59(39-51)65-45-81-31-25-73(65)85(71)53-9-5-7-47(35-53)49-13-19-69-57(37-49)63-43-79-33-27-75(63)87(69)55-17-23-77-61(41-55)62-42-56(18-24-78(62)89-77)88-70-20-14-50(38-58(70)64-44-80-34-28-76(64)88)48-8-6-10-54(36-48)86-72-22-16-52(68-12-2-4-30-84-68)40-60(72)66-46-82-32-26-74(66)86/h1-46H. The molecule has 0 spiro atoms. The molecule has 11 heterocycles. The van der Waals surface area contributed by atoms with E-state index in [2.05, 4.69) is 242 Å². The Morgan fingerprint density at radius 2 is 0.562 bits per heavy atom. The zero-order valence-corrected chi connectivity index (χ0v) is 47.4. The van der Waals surface area contributed by atoms with Crippen LogP contribution < -0.4 is 0 Å². The van der Waals surface area contributed by atoms with Gasteiger partial charge in [0.15, 0.2) is 0 Å². The van der Waals surface area contributed by atoms with Crippen LogP contribution in [0.3, 0.4) is 0 Å². The van der Waals surface area contributed by atoms with Crippen LogP contribution in [0.1, 0.15) is 0 Å². The molecule has 0 saturated heterocycles. The Balaban J connectivity index is 0.687. The van der Waals surface area contributed by atoms with Crippen LogP contribution in [0.2, 0.25) is 0 Å². The van der Waals surface area contributed by atoms with Crippen LogP contribution in [0.25, 0.3) is 177 Å². The van der Waals surface area contributed by atoms with E-state index in [0.717, 1.165) is 177 Å². The molecule has 0 bridgehead atoms. The highest BCUT2D eigenvalue weighted by atomic mass is 16.3. The van der Waals surface area contributed by atoms with Gasteiger partial charge in [0.25, 0.3) is 0 Å². The van der Waals surface area contributed by atoms with Gasteiger partial charge in [-0.3, -0.25) is 29.9 Å². The summed E-state index contributed by atoms with van der Waals surface area (Å²) in [5, 5.41) is 10.9. The average molecular weight is 1140 g/mol. The first-order chi connectivity index (χ1) is 44.1. The summed E-state index contributed by atoms with van der Waals surface area (Å²) in [6.07, 6.45) is 19.1. The van der Waals surface area contributed by atoms with E-state index < -0.39 is 0 Å². The molecule has 0 aliphatic carbocycles. The lowest BCUT2D eigenvalue weighted by Gasteiger charge is -2.12. The van der Waals surface area contributed by atoms with E-state index in [0.29, 0.717) is 0 Å². The van der Waals surface area contributed by atoms with E-state index in [1.54, 1.807) is 0 Å². The smallest absolute Gasteiger partial charge is 0.135 e. The minimum Gasteiger partial charge on any atom is -0.456 e. The molecular formula is C78H46N10O. The van der Waals surface area contributed by atoms with E-state index in [-0.39, 0.29) is 0 Å². The fraction of sp³-hybridized carbons (Fsp3) is 0. The number of rotatable bonds is 8. The van der Waals surface area contributed by atoms with Crippen LogP contribution in [0.4, 0.5) is 0 Å². The van der Waals surface area contributed by atoms with Crippen molar-refractivity contribution in [1.29, 1.82) is 0 Å². The summed E-state index contributed by atoms with van der Waals surface area (Å²) in [5.41, 5.74) is 23.0. The van der Waals surface area contributed by atoms with Crippen molar-refractivity contribution in [2.75, 3.05) is 0 Å². The topological polar surface area (TPSA) is 110 Å². The van der Waals surface area contributed by atoms with Crippen LogP contribution in [0, 0.1) is 0 Å². The van der Waals surface area contributed by atoms with Crippen molar-refractivity contribution in [2.45, 2.75) is 0 Å². The number of hydrogen-bond acceptors (Lipinski definition) is 7. The largest absolute Gasteiger partial charge is 0.456 e. The van der Waals surface area contributed by atoms with Crippen LogP contribution in [0.15, 0.2) is 285 Å². The molecule has 0 unspecified atom stereocenters. The van der Waals surface area contributed by atoms with Gasteiger partial charge in [-0.1, -0.05) is 60.7 Å². The number of nitrogens with zero attached hydrogens (tertiary/aromatic N) is 10. The highest BCUT2D eigenvalue weighted by Crippen LogP contribution is 2.42. The van der Waals surface area contributed by atoms with Gasteiger partial charge in [0, 0.05) is 150 Å². The quantitative estimate of drug-likeness (QED) is 0.149. The van der Waals surface area contributed by atoms with Crippen LogP contribution in [-0.2, 0) is 0 Å². The second-order valence-corrected chi connectivity index (χ2v) is 22.8. The predicted molar refractivity (Wildman–Crippen MR) is 360 cm³/mol. The third-order valence-corrected chi connectivity index (χ3v) is 18.0. The first kappa shape index (κ1) is 49.0. The Bertz CT molecular complexity index is 5760. The van der Waals surface area contributed by atoms with E-state index in [4.69, 9.17) is 4.42 Å². The summed E-state index contributed by atoms with van der Waals surface area (Å²) in [6, 6.07) is 78.0. The van der Waals surface area contributed by atoms with E-state index >= 15 is 0 Å². The van der Waals surface area contributed by atoms with Crippen molar-refractivity contribution in [3.8, 4) is 67.5 Å². The first-order valence-electron chi connectivity index (χ1n) is 29.7. The summed E-state index contributed by atoms with van der Waals surface area (Å²) in [5.74, 6) is 0. The number of benzene rings is 8.